The van der Waals surface area contributed by atoms with Gasteiger partial charge < -0.3 is 10.6 Å². The van der Waals surface area contributed by atoms with Gasteiger partial charge in [-0.3, -0.25) is 9.59 Å². The number of halogens is 3. The van der Waals surface area contributed by atoms with Crippen molar-refractivity contribution in [1.82, 2.24) is 0 Å². The first-order chi connectivity index (χ1) is 11.7. The summed E-state index contributed by atoms with van der Waals surface area (Å²) in [4.78, 5) is 23.7. The Labute approximate surface area is 143 Å². The molecule has 0 heterocycles. The summed E-state index contributed by atoms with van der Waals surface area (Å²) in [6, 6.07) is 10.9. The second-order valence-corrected chi connectivity index (χ2v) is 5.76. The molecule has 0 aliphatic heterocycles. The molecule has 0 aromatic heterocycles. The van der Waals surface area contributed by atoms with Crippen molar-refractivity contribution in [2.75, 3.05) is 10.6 Å². The smallest absolute Gasteiger partial charge is 0.318 e. The van der Waals surface area contributed by atoms with E-state index in [0.29, 0.717) is 11.6 Å². The SMILES string of the molecule is CC(C)c1ccc(NC(=O)C(=O)Nc2ccc(C(F)(F)F)cc2)cc1. The third-order valence-electron chi connectivity index (χ3n) is 3.51. The molecule has 2 rings (SSSR count). The molecule has 7 heteroatoms. The first-order valence-electron chi connectivity index (χ1n) is 7.56. The van der Waals surface area contributed by atoms with Crippen molar-refractivity contribution in [3.63, 3.8) is 0 Å². The lowest BCUT2D eigenvalue weighted by Gasteiger charge is -2.10. The van der Waals surface area contributed by atoms with Crippen molar-refractivity contribution < 1.29 is 22.8 Å². The summed E-state index contributed by atoms with van der Waals surface area (Å²) < 4.78 is 37.4. The fourth-order valence-corrected chi connectivity index (χ4v) is 2.07. The minimum absolute atomic E-state index is 0.100. The van der Waals surface area contributed by atoms with E-state index in [4.69, 9.17) is 0 Å². The standard InChI is InChI=1S/C18H17F3N2O2/c1-11(2)12-3-7-14(8-4-12)22-16(24)17(25)23-15-9-5-13(6-10-15)18(19,20)21/h3-11H,1-2H3,(H,22,24)(H,23,25). The number of amides is 2. The molecule has 0 unspecified atom stereocenters. The van der Waals surface area contributed by atoms with Gasteiger partial charge in [0.05, 0.1) is 5.56 Å². The maximum absolute atomic E-state index is 12.5. The molecule has 4 nitrogen and oxygen atoms in total. The van der Waals surface area contributed by atoms with Crippen LogP contribution in [0.15, 0.2) is 48.5 Å². The van der Waals surface area contributed by atoms with Crippen LogP contribution >= 0.6 is 0 Å². The first kappa shape index (κ1) is 18.5. The third-order valence-corrected chi connectivity index (χ3v) is 3.51. The number of alkyl halides is 3. The van der Waals surface area contributed by atoms with Gasteiger partial charge in [-0.15, -0.1) is 0 Å². The third kappa shape index (κ3) is 5.07. The second-order valence-electron chi connectivity index (χ2n) is 5.76. The number of carbonyl (C=O) groups is 2. The van der Waals surface area contributed by atoms with Crippen LogP contribution in [-0.2, 0) is 15.8 Å². The number of hydrogen-bond donors (Lipinski definition) is 2. The average molecular weight is 350 g/mol. The molecule has 0 fully saturated rings. The van der Waals surface area contributed by atoms with Crippen LogP contribution in [0.3, 0.4) is 0 Å². The Bertz CT molecular complexity index is 751. The minimum atomic E-state index is -4.46. The lowest BCUT2D eigenvalue weighted by molar-refractivity contribution is -0.137. The summed E-state index contributed by atoms with van der Waals surface area (Å²) in [5, 5.41) is 4.68. The highest BCUT2D eigenvalue weighted by molar-refractivity contribution is 6.43. The molecule has 25 heavy (non-hydrogen) atoms. The summed E-state index contributed by atoms with van der Waals surface area (Å²) in [6.07, 6.45) is -4.46. The maximum Gasteiger partial charge on any atom is 0.416 e. The number of anilines is 2. The Morgan fingerprint density at radius 2 is 1.20 bits per heavy atom. The molecule has 2 amide bonds. The molecule has 132 valence electrons. The Hall–Kier alpha value is -2.83. The molecule has 0 saturated carbocycles. The van der Waals surface area contributed by atoms with Crippen LogP contribution < -0.4 is 10.6 Å². The highest BCUT2D eigenvalue weighted by atomic mass is 19.4. The zero-order valence-corrected chi connectivity index (χ0v) is 13.6. The van der Waals surface area contributed by atoms with Crippen molar-refractivity contribution in [1.29, 1.82) is 0 Å². The van der Waals surface area contributed by atoms with Crippen molar-refractivity contribution in [3.05, 3.63) is 59.7 Å². The lowest BCUT2D eigenvalue weighted by atomic mass is 10.0. The van der Waals surface area contributed by atoms with E-state index in [2.05, 4.69) is 10.6 Å². The average Bonchev–Trinajstić information content (AvgIpc) is 2.55. The molecule has 2 aromatic rings. The van der Waals surface area contributed by atoms with Gasteiger partial charge in [0, 0.05) is 11.4 Å². The fourth-order valence-electron chi connectivity index (χ4n) is 2.07. The molecule has 0 aliphatic carbocycles. The molecule has 0 saturated heterocycles. The molecule has 2 N–H and O–H groups in total. The number of rotatable bonds is 3. The van der Waals surface area contributed by atoms with E-state index in [0.717, 1.165) is 29.8 Å². The first-order valence-corrected chi connectivity index (χ1v) is 7.56. The van der Waals surface area contributed by atoms with Crippen molar-refractivity contribution in [3.8, 4) is 0 Å². The highest BCUT2D eigenvalue weighted by Gasteiger charge is 2.30. The predicted molar refractivity (Wildman–Crippen MR) is 89.2 cm³/mol. The molecule has 0 aliphatic rings. The maximum atomic E-state index is 12.5. The van der Waals surface area contributed by atoms with Crippen LogP contribution in [0.1, 0.15) is 30.9 Å². The zero-order valence-electron chi connectivity index (χ0n) is 13.6. The van der Waals surface area contributed by atoms with Crippen LogP contribution in [0.4, 0.5) is 24.5 Å². The van der Waals surface area contributed by atoms with Crippen LogP contribution in [0.5, 0.6) is 0 Å². The Kier molecular flexibility index (Phi) is 5.46. The Morgan fingerprint density at radius 3 is 1.56 bits per heavy atom. The highest BCUT2D eigenvalue weighted by Crippen LogP contribution is 2.29. The molecule has 2 aromatic carbocycles. The van der Waals surface area contributed by atoms with Crippen LogP contribution in [0, 0.1) is 0 Å². The van der Waals surface area contributed by atoms with Crippen molar-refractivity contribution >= 4 is 23.2 Å². The number of hydrogen-bond acceptors (Lipinski definition) is 2. The zero-order chi connectivity index (χ0) is 18.6. The minimum Gasteiger partial charge on any atom is -0.318 e. The summed E-state index contributed by atoms with van der Waals surface area (Å²) in [5.74, 6) is -1.53. The van der Waals surface area contributed by atoms with E-state index in [1.807, 2.05) is 26.0 Å². The van der Waals surface area contributed by atoms with Gasteiger partial charge in [0.15, 0.2) is 0 Å². The van der Waals surface area contributed by atoms with E-state index >= 15 is 0 Å². The van der Waals surface area contributed by atoms with Gasteiger partial charge in [0.25, 0.3) is 0 Å². The molecule has 0 atom stereocenters. The molecule has 0 bridgehead atoms. The van der Waals surface area contributed by atoms with Gasteiger partial charge in [-0.25, -0.2) is 0 Å². The van der Waals surface area contributed by atoms with E-state index in [1.165, 1.54) is 0 Å². The normalized spacial score (nSPS) is 11.3. The van der Waals surface area contributed by atoms with Gasteiger partial charge in [-0.1, -0.05) is 26.0 Å². The van der Waals surface area contributed by atoms with E-state index in [9.17, 15) is 22.8 Å². The summed E-state index contributed by atoms with van der Waals surface area (Å²) >= 11 is 0. The monoisotopic (exact) mass is 350 g/mol. The molecule has 0 spiro atoms. The number of nitrogens with one attached hydrogen (secondary N) is 2. The van der Waals surface area contributed by atoms with E-state index in [1.54, 1.807) is 12.1 Å². The largest absolute Gasteiger partial charge is 0.416 e. The lowest BCUT2D eigenvalue weighted by Crippen LogP contribution is -2.29. The van der Waals surface area contributed by atoms with Gasteiger partial charge >= 0.3 is 18.0 Å². The molecular formula is C18H17F3N2O2. The van der Waals surface area contributed by atoms with E-state index in [-0.39, 0.29) is 5.69 Å². The van der Waals surface area contributed by atoms with Gasteiger partial charge in [-0.05, 0) is 47.9 Å². The summed E-state index contributed by atoms with van der Waals surface area (Å²) in [5.41, 5.74) is 0.813. The quantitative estimate of drug-likeness (QED) is 0.806. The number of benzene rings is 2. The van der Waals surface area contributed by atoms with Gasteiger partial charge in [0.2, 0.25) is 0 Å². The van der Waals surface area contributed by atoms with Crippen LogP contribution in [0.25, 0.3) is 0 Å². The fraction of sp³-hybridized carbons (Fsp3) is 0.222. The molecular weight excluding hydrogens is 333 g/mol. The van der Waals surface area contributed by atoms with Gasteiger partial charge in [-0.2, -0.15) is 13.2 Å². The Balaban J connectivity index is 1.97. The summed E-state index contributed by atoms with van der Waals surface area (Å²) in [7, 11) is 0. The predicted octanol–water partition coefficient (Wildman–Crippen LogP) is 4.41. The second kappa shape index (κ2) is 7.38. The summed E-state index contributed by atoms with van der Waals surface area (Å²) in [6.45, 7) is 4.07. The van der Waals surface area contributed by atoms with Crippen LogP contribution in [0.2, 0.25) is 0 Å². The van der Waals surface area contributed by atoms with Gasteiger partial charge in [0.1, 0.15) is 0 Å². The number of carbonyl (C=O) groups excluding carboxylic acids is 2. The topological polar surface area (TPSA) is 58.2 Å². The van der Waals surface area contributed by atoms with Crippen molar-refractivity contribution in [2.24, 2.45) is 0 Å². The van der Waals surface area contributed by atoms with Crippen molar-refractivity contribution in [2.45, 2.75) is 25.9 Å². The molecule has 0 radical (unpaired) electrons. The van der Waals surface area contributed by atoms with Crippen LogP contribution in [-0.4, -0.2) is 11.8 Å². The van der Waals surface area contributed by atoms with E-state index < -0.39 is 23.6 Å². The Morgan fingerprint density at radius 1 is 0.800 bits per heavy atom.